The molecule has 0 aromatic heterocycles. The van der Waals surface area contributed by atoms with Gasteiger partial charge in [-0.05, 0) is 68.4 Å². The first kappa shape index (κ1) is 22.7. The van der Waals surface area contributed by atoms with Crippen LogP contribution in [0.25, 0.3) is 5.76 Å². The number of ketones is 1. The topological polar surface area (TPSA) is 60.9 Å². The summed E-state index contributed by atoms with van der Waals surface area (Å²) in [6.45, 7) is 5.34. The van der Waals surface area contributed by atoms with Gasteiger partial charge in [-0.3, -0.25) is 9.59 Å². The number of likely N-dealkylation sites (tertiary alicyclic amines) is 1. The van der Waals surface area contributed by atoms with Gasteiger partial charge in [0.1, 0.15) is 11.6 Å². The highest BCUT2D eigenvalue weighted by molar-refractivity contribution is 6.46. The monoisotopic (exact) mass is 424 g/mol. The van der Waals surface area contributed by atoms with Crippen LogP contribution < -0.4 is 0 Å². The summed E-state index contributed by atoms with van der Waals surface area (Å²) in [7, 11) is 3.90. The lowest BCUT2D eigenvalue weighted by Crippen LogP contribution is -2.32. The largest absolute Gasteiger partial charge is 0.507 e. The Morgan fingerprint density at radius 1 is 1.06 bits per heavy atom. The highest BCUT2D eigenvalue weighted by Gasteiger charge is 2.45. The number of hydrogen-bond acceptors (Lipinski definition) is 4. The molecule has 1 amide bonds. The van der Waals surface area contributed by atoms with Gasteiger partial charge in [0.05, 0.1) is 11.6 Å². The van der Waals surface area contributed by atoms with E-state index in [2.05, 4.69) is 13.8 Å². The molecule has 0 spiro atoms. The van der Waals surface area contributed by atoms with E-state index in [1.54, 1.807) is 0 Å². The molecule has 0 saturated carbocycles. The van der Waals surface area contributed by atoms with Gasteiger partial charge in [0, 0.05) is 12.1 Å². The number of nitrogens with zero attached hydrogens (tertiary/aromatic N) is 2. The molecule has 1 aliphatic rings. The van der Waals surface area contributed by atoms with Crippen molar-refractivity contribution < 1.29 is 19.1 Å². The quantitative estimate of drug-likeness (QED) is 0.408. The summed E-state index contributed by atoms with van der Waals surface area (Å²) in [5.41, 5.74) is 2.25. The molecule has 1 atom stereocenters. The summed E-state index contributed by atoms with van der Waals surface area (Å²) < 4.78 is 13.3. The Bertz CT molecular complexity index is 979. The Labute approximate surface area is 182 Å². The smallest absolute Gasteiger partial charge is 0.295 e. The van der Waals surface area contributed by atoms with Crippen molar-refractivity contribution in [3.63, 3.8) is 0 Å². The zero-order valence-corrected chi connectivity index (χ0v) is 18.4. The van der Waals surface area contributed by atoms with Crippen LogP contribution in [0.1, 0.15) is 48.9 Å². The van der Waals surface area contributed by atoms with Gasteiger partial charge in [0.25, 0.3) is 11.7 Å². The maximum Gasteiger partial charge on any atom is 0.295 e. The molecule has 0 radical (unpaired) electrons. The number of hydrogen-bond donors (Lipinski definition) is 1. The molecule has 1 aliphatic heterocycles. The number of halogens is 1. The van der Waals surface area contributed by atoms with Gasteiger partial charge >= 0.3 is 0 Å². The third-order valence-electron chi connectivity index (χ3n) is 5.58. The Kier molecular flexibility index (Phi) is 6.91. The highest BCUT2D eigenvalue weighted by Crippen LogP contribution is 2.39. The van der Waals surface area contributed by atoms with Crippen molar-refractivity contribution in [2.24, 2.45) is 0 Å². The summed E-state index contributed by atoms with van der Waals surface area (Å²) in [6.07, 6.45) is 0.692. The standard InChI is InChI=1S/C25H29FN2O3/c1-16(2)17-6-8-18(9-7-17)22-21(23(29)19-10-12-20(26)13-11-19)24(30)25(31)28(22)15-5-14-27(3)4/h6-13,16,22,29H,5,14-15H2,1-4H3/b23-21+/t22-/m1/s1. The maximum atomic E-state index is 13.3. The molecule has 5 nitrogen and oxygen atoms in total. The second-order valence-corrected chi connectivity index (χ2v) is 8.48. The molecule has 0 aliphatic carbocycles. The van der Waals surface area contributed by atoms with E-state index in [1.165, 1.54) is 29.2 Å². The Morgan fingerprint density at radius 3 is 2.23 bits per heavy atom. The van der Waals surface area contributed by atoms with E-state index in [1.807, 2.05) is 43.3 Å². The number of carbonyl (C=O) groups excluding carboxylic acids is 2. The SMILES string of the molecule is CC(C)c1ccc([C@@H]2/C(=C(\O)c3ccc(F)cc3)C(=O)C(=O)N2CCCN(C)C)cc1. The number of aliphatic hydroxyl groups excluding tert-OH is 1. The molecular weight excluding hydrogens is 395 g/mol. The third kappa shape index (κ3) is 4.85. The van der Waals surface area contributed by atoms with Gasteiger partial charge in [-0.15, -0.1) is 0 Å². The van der Waals surface area contributed by atoms with Gasteiger partial charge in [-0.2, -0.15) is 0 Å². The Morgan fingerprint density at radius 2 is 1.68 bits per heavy atom. The lowest BCUT2D eigenvalue weighted by Gasteiger charge is -2.26. The first-order chi connectivity index (χ1) is 14.7. The summed E-state index contributed by atoms with van der Waals surface area (Å²) in [6, 6.07) is 12.3. The van der Waals surface area contributed by atoms with Crippen molar-refractivity contribution in [3.8, 4) is 0 Å². The Balaban J connectivity index is 2.08. The van der Waals surface area contributed by atoms with Crippen LogP contribution in [0.2, 0.25) is 0 Å². The molecule has 2 aromatic carbocycles. The van der Waals surface area contributed by atoms with Crippen molar-refractivity contribution in [3.05, 3.63) is 76.6 Å². The van der Waals surface area contributed by atoms with Crippen LogP contribution in [-0.2, 0) is 9.59 Å². The predicted molar refractivity (Wildman–Crippen MR) is 119 cm³/mol. The normalized spacial score (nSPS) is 18.4. The number of rotatable bonds is 7. The summed E-state index contributed by atoms with van der Waals surface area (Å²) >= 11 is 0. The summed E-state index contributed by atoms with van der Waals surface area (Å²) in [5.74, 6) is -1.72. The number of benzene rings is 2. The highest BCUT2D eigenvalue weighted by atomic mass is 19.1. The average Bonchev–Trinajstić information content (AvgIpc) is 2.98. The van der Waals surface area contributed by atoms with Gasteiger partial charge in [0.15, 0.2) is 0 Å². The second-order valence-electron chi connectivity index (χ2n) is 8.48. The van der Waals surface area contributed by atoms with E-state index >= 15 is 0 Å². The fourth-order valence-corrected chi connectivity index (χ4v) is 3.84. The van der Waals surface area contributed by atoms with Crippen LogP contribution >= 0.6 is 0 Å². The van der Waals surface area contributed by atoms with E-state index in [-0.39, 0.29) is 11.3 Å². The number of aliphatic hydroxyl groups is 1. The van der Waals surface area contributed by atoms with Gasteiger partial charge < -0.3 is 14.9 Å². The van der Waals surface area contributed by atoms with E-state index in [4.69, 9.17) is 0 Å². The molecule has 164 valence electrons. The molecule has 1 saturated heterocycles. The van der Waals surface area contributed by atoms with Crippen molar-refractivity contribution >= 4 is 17.4 Å². The van der Waals surface area contributed by atoms with Crippen LogP contribution in [0.5, 0.6) is 0 Å². The molecule has 1 N–H and O–H groups in total. The number of carbonyl (C=O) groups is 2. The first-order valence-electron chi connectivity index (χ1n) is 10.5. The molecule has 31 heavy (non-hydrogen) atoms. The lowest BCUT2D eigenvalue weighted by atomic mass is 9.93. The van der Waals surface area contributed by atoms with E-state index in [0.29, 0.717) is 24.4 Å². The van der Waals surface area contributed by atoms with E-state index in [0.717, 1.165) is 17.7 Å². The minimum absolute atomic E-state index is 0.0405. The first-order valence-corrected chi connectivity index (χ1v) is 10.5. The molecule has 0 unspecified atom stereocenters. The van der Waals surface area contributed by atoms with Crippen molar-refractivity contribution in [2.45, 2.75) is 32.2 Å². The van der Waals surface area contributed by atoms with Crippen LogP contribution in [-0.4, -0.2) is 53.8 Å². The predicted octanol–water partition coefficient (Wildman–Crippen LogP) is 4.32. The Hall–Kier alpha value is -2.99. The lowest BCUT2D eigenvalue weighted by molar-refractivity contribution is -0.139. The molecular formula is C25H29FN2O3. The molecule has 6 heteroatoms. The average molecular weight is 425 g/mol. The van der Waals surface area contributed by atoms with Crippen LogP contribution in [0.15, 0.2) is 54.1 Å². The van der Waals surface area contributed by atoms with Crippen molar-refractivity contribution in [1.82, 2.24) is 9.80 Å². The van der Waals surface area contributed by atoms with Gasteiger partial charge in [-0.25, -0.2) is 4.39 Å². The van der Waals surface area contributed by atoms with Crippen LogP contribution in [0, 0.1) is 5.82 Å². The van der Waals surface area contributed by atoms with Crippen LogP contribution in [0.3, 0.4) is 0 Å². The zero-order chi connectivity index (χ0) is 22.7. The summed E-state index contributed by atoms with van der Waals surface area (Å²) in [5, 5.41) is 11.0. The minimum Gasteiger partial charge on any atom is -0.507 e. The zero-order valence-electron chi connectivity index (χ0n) is 18.4. The third-order valence-corrected chi connectivity index (χ3v) is 5.58. The number of amides is 1. The summed E-state index contributed by atoms with van der Waals surface area (Å²) in [4.78, 5) is 29.4. The maximum absolute atomic E-state index is 13.3. The van der Waals surface area contributed by atoms with Crippen molar-refractivity contribution in [1.29, 1.82) is 0 Å². The van der Waals surface area contributed by atoms with Gasteiger partial charge in [0.2, 0.25) is 0 Å². The fourth-order valence-electron chi connectivity index (χ4n) is 3.84. The number of Topliss-reactive ketones (excluding diaryl/α,β-unsaturated/α-hetero) is 1. The molecule has 1 heterocycles. The molecule has 1 fully saturated rings. The second kappa shape index (κ2) is 9.43. The van der Waals surface area contributed by atoms with E-state index in [9.17, 15) is 19.1 Å². The molecule has 3 rings (SSSR count). The molecule has 2 aromatic rings. The van der Waals surface area contributed by atoms with E-state index < -0.39 is 23.5 Å². The fraction of sp³-hybridized carbons (Fsp3) is 0.360. The van der Waals surface area contributed by atoms with Gasteiger partial charge in [-0.1, -0.05) is 38.1 Å². The van der Waals surface area contributed by atoms with Crippen molar-refractivity contribution in [2.75, 3.05) is 27.2 Å². The molecule has 0 bridgehead atoms. The van der Waals surface area contributed by atoms with Crippen LogP contribution in [0.4, 0.5) is 4.39 Å². The minimum atomic E-state index is -0.718.